The highest BCUT2D eigenvalue weighted by Gasteiger charge is 2.35. The molecule has 0 aliphatic carbocycles. The average molecular weight is 465 g/mol. The summed E-state index contributed by atoms with van der Waals surface area (Å²) in [4.78, 5) is 16.5. The van der Waals surface area contributed by atoms with E-state index in [-0.39, 0.29) is 0 Å². The molecule has 1 aromatic carbocycles. The molecule has 8 nitrogen and oxygen atoms in total. The Bertz CT molecular complexity index is 1180. The number of benzene rings is 1. The smallest absolute Gasteiger partial charge is 0.407 e. The Morgan fingerprint density at radius 1 is 1.15 bits per heavy atom. The molecule has 0 atom stereocenters. The fraction of sp³-hybridized carbons (Fsp3) is 0.480. The van der Waals surface area contributed by atoms with Gasteiger partial charge in [-0.05, 0) is 84.1 Å². The summed E-state index contributed by atoms with van der Waals surface area (Å²) < 4.78 is 12.9. The maximum atomic E-state index is 12.0. The van der Waals surface area contributed by atoms with E-state index in [2.05, 4.69) is 15.4 Å². The number of hydrogen-bond donors (Lipinski definition) is 2. The Morgan fingerprint density at radius 3 is 2.47 bits per heavy atom. The second-order valence-corrected chi connectivity index (χ2v) is 10.5. The molecule has 0 fully saturated rings. The first-order valence-electron chi connectivity index (χ1n) is 11.3. The SMILES string of the molecule is Cc1cc(-c2ncnn3cc([B]OC(C)(C)C(C)(C)O)cc23)ccc1CNC(=O)OC(C)(C)C. The number of fused-ring (bicyclic) bond motifs is 1. The zero-order valence-electron chi connectivity index (χ0n) is 21.3. The molecule has 0 aliphatic rings. The van der Waals surface area contributed by atoms with E-state index < -0.39 is 22.9 Å². The summed E-state index contributed by atoms with van der Waals surface area (Å²) in [6, 6.07) is 7.94. The molecule has 181 valence electrons. The molecular formula is C25H34BN4O4. The first kappa shape index (κ1) is 25.7. The van der Waals surface area contributed by atoms with Crippen molar-refractivity contribution in [2.24, 2.45) is 0 Å². The zero-order chi connectivity index (χ0) is 25.3. The Hall–Kier alpha value is -2.91. The van der Waals surface area contributed by atoms with Crippen molar-refractivity contribution in [2.45, 2.75) is 78.7 Å². The first-order valence-corrected chi connectivity index (χ1v) is 11.3. The van der Waals surface area contributed by atoms with Crippen LogP contribution < -0.4 is 10.8 Å². The van der Waals surface area contributed by atoms with Crippen LogP contribution in [0.1, 0.15) is 59.6 Å². The Kier molecular flexibility index (Phi) is 7.10. The summed E-state index contributed by atoms with van der Waals surface area (Å²) in [6.45, 7) is 15.0. The van der Waals surface area contributed by atoms with Crippen molar-refractivity contribution in [2.75, 3.05) is 0 Å². The van der Waals surface area contributed by atoms with Crippen molar-refractivity contribution >= 4 is 24.6 Å². The summed E-state index contributed by atoms with van der Waals surface area (Å²) >= 11 is 0. The van der Waals surface area contributed by atoms with Gasteiger partial charge in [0.2, 0.25) is 0 Å². The Labute approximate surface area is 202 Å². The predicted octanol–water partition coefficient (Wildman–Crippen LogP) is 3.54. The largest absolute Gasteiger partial charge is 0.444 e. The molecule has 0 spiro atoms. The fourth-order valence-electron chi connectivity index (χ4n) is 3.12. The quantitative estimate of drug-likeness (QED) is 0.518. The van der Waals surface area contributed by atoms with E-state index in [0.717, 1.165) is 33.4 Å². The molecule has 0 aliphatic heterocycles. The molecule has 3 rings (SSSR count). The summed E-state index contributed by atoms with van der Waals surface area (Å²) in [5, 5.41) is 17.4. The van der Waals surface area contributed by atoms with Crippen LogP contribution in [0.4, 0.5) is 4.79 Å². The molecule has 34 heavy (non-hydrogen) atoms. The lowest BCUT2D eigenvalue weighted by Gasteiger charge is -2.37. The normalized spacial score (nSPS) is 12.6. The third kappa shape index (κ3) is 6.15. The van der Waals surface area contributed by atoms with Gasteiger partial charge < -0.3 is 19.8 Å². The van der Waals surface area contributed by atoms with E-state index in [1.54, 1.807) is 25.8 Å². The molecule has 1 radical (unpaired) electrons. The van der Waals surface area contributed by atoms with Gasteiger partial charge in [0.05, 0.1) is 22.4 Å². The van der Waals surface area contributed by atoms with Crippen LogP contribution in [0.15, 0.2) is 36.8 Å². The summed E-state index contributed by atoms with van der Waals surface area (Å²) in [5.41, 5.74) is 3.07. The van der Waals surface area contributed by atoms with Crippen LogP contribution in [0.5, 0.6) is 0 Å². The number of carbonyl (C=O) groups is 1. The standard InChI is InChI=1S/C25H34BN4O4/c1-16-11-17(9-10-18(16)13-27-22(31)33-23(2,3)4)21-20-12-19(14-30(20)29-15-28-21)26-34-25(7,8)24(5,6)32/h9-12,14-15,32H,13H2,1-8H3,(H,27,31). The lowest BCUT2D eigenvalue weighted by Crippen LogP contribution is -2.49. The molecule has 2 N–H and O–H groups in total. The van der Waals surface area contributed by atoms with Gasteiger partial charge in [0, 0.05) is 18.3 Å². The minimum atomic E-state index is -1.01. The highest BCUT2D eigenvalue weighted by Crippen LogP contribution is 2.26. The van der Waals surface area contributed by atoms with Crippen molar-refractivity contribution < 1.29 is 19.3 Å². The molecule has 9 heteroatoms. The van der Waals surface area contributed by atoms with Gasteiger partial charge in [-0.3, -0.25) is 0 Å². The first-order chi connectivity index (χ1) is 15.7. The third-order valence-electron chi connectivity index (χ3n) is 5.83. The number of amides is 1. The number of alkyl carbamates (subject to hydrolysis) is 1. The Morgan fingerprint density at radius 2 is 1.85 bits per heavy atom. The molecule has 0 bridgehead atoms. The van der Waals surface area contributed by atoms with Crippen LogP contribution in [0, 0.1) is 6.92 Å². The highest BCUT2D eigenvalue weighted by molar-refractivity contribution is 6.47. The van der Waals surface area contributed by atoms with Crippen LogP contribution in [0.2, 0.25) is 0 Å². The molecule has 3 aromatic rings. The van der Waals surface area contributed by atoms with Gasteiger partial charge in [-0.25, -0.2) is 14.3 Å². The van der Waals surface area contributed by atoms with Gasteiger partial charge in [-0.2, -0.15) is 5.10 Å². The molecule has 2 aromatic heterocycles. The lowest BCUT2D eigenvalue weighted by molar-refractivity contribution is -0.0893. The number of aromatic nitrogens is 3. The monoisotopic (exact) mass is 465 g/mol. The van der Waals surface area contributed by atoms with Crippen LogP contribution in [-0.4, -0.2) is 50.1 Å². The number of ether oxygens (including phenoxy) is 1. The van der Waals surface area contributed by atoms with Gasteiger partial charge in [0.25, 0.3) is 0 Å². The van der Waals surface area contributed by atoms with Crippen molar-refractivity contribution in [3.05, 3.63) is 47.9 Å². The van der Waals surface area contributed by atoms with Gasteiger partial charge in [0.1, 0.15) is 11.9 Å². The van der Waals surface area contributed by atoms with Crippen LogP contribution in [-0.2, 0) is 15.9 Å². The minimum Gasteiger partial charge on any atom is -0.444 e. The second-order valence-electron chi connectivity index (χ2n) is 10.5. The number of aryl methyl sites for hydroxylation is 1. The number of carbonyl (C=O) groups excluding carboxylic acids is 1. The number of nitrogens with one attached hydrogen (secondary N) is 1. The van der Waals surface area contributed by atoms with E-state index >= 15 is 0 Å². The molecule has 0 saturated heterocycles. The zero-order valence-corrected chi connectivity index (χ0v) is 21.3. The second kappa shape index (κ2) is 9.39. The van der Waals surface area contributed by atoms with E-state index in [9.17, 15) is 9.90 Å². The topological polar surface area (TPSA) is 98.0 Å². The van der Waals surface area contributed by atoms with E-state index in [1.165, 1.54) is 6.33 Å². The highest BCUT2D eigenvalue weighted by atomic mass is 16.6. The van der Waals surface area contributed by atoms with E-state index in [1.807, 2.05) is 72.0 Å². The fourth-order valence-corrected chi connectivity index (χ4v) is 3.12. The summed E-state index contributed by atoms with van der Waals surface area (Å²) in [5.74, 6) is 0. The summed E-state index contributed by atoms with van der Waals surface area (Å²) in [6.07, 6.45) is 2.92. The van der Waals surface area contributed by atoms with E-state index in [0.29, 0.717) is 6.54 Å². The number of nitrogens with zero attached hydrogens (tertiary/aromatic N) is 3. The van der Waals surface area contributed by atoms with Crippen LogP contribution in [0.3, 0.4) is 0 Å². The van der Waals surface area contributed by atoms with Crippen molar-refractivity contribution in [3.8, 4) is 11.3 Å². The van der Waals surface area contributed by atoms with Crippen LogP contribution >= 0.6 is 0 Å². The summed E-state index contributed by atoms with van der Waals surface area (Å²) in [7, 11) is 1.63. The average Bonchev–Trinajstić information content (AvgIpc) is 3.12. The van der Waals surface area contributed by atoms with Crippen molar-refractivity contribution in [1.82, 2.24) is 19.9 Å². The van der Waals surface area contributed by atoms with Gasteiger partial charge >= 0.3 is 13.6 Å². The predicted molar refractivity (Wildman–Crippen MR) is 133 cm³/mol. The number of aliphatic hydroxyl groups is 1. The van der Waals surface area contributed by atoms with Crippen molar-refractivity contribution in [1.29, 1.82) is 0 Å². The molecule has 1 amide bonds. The molecular weight excluding hydrogens is 431 g/mol. The number of hydrogen-bond acceptors (Lipinski definition) is 6. The minimum absolute atomic E-state index is 0.374. The maximum absolute atomic E-state index is 12.0. The van der Waals surface area contributed by atoms with Gasteiger partial charge in [-0.15, -0.1) is 0 Å². The van der Waals surface area contributed by atoms with Crippen molar-refractivity contribution in [3.63, 3.8) is 0 Å². The van der Waals surface area contributed by atoms with Crippen LogP contribution in [0.25, 0.3) is 16.8 Å². The van der Waals surface area contributed by atoms with E-state index in [4.69, 9.17) is 9.39 Å². The molecule has 2 heterocycles. The maximum Gasteiger partial charge on any atom is 0.407 e. The lowest BCUT2D eigenvalue weighted by atomic mass is 9.84. The molecule has 0 unspecified atom stereocenters. The third-order valence-corrected chi connectivity index (χ3v) is 5.83. The van der Waals surface area contributed by atoms with Gasteiger partial charge in [0.15, 0.2) is 0 Å². The van der Waals surface area contributed by atoms with Gasteiger partial charge in [-0.1, -0.05) is 12.1 Å². The Balaban J connectivity index is 1.78. The number of rotatable bonds is 7. The molecule has 0 saturated carbocycles.